The first-order valence-corrected chi connectivity index (χ1v) is 11.5. The number of carboxylic acids is 1. The monoisotopic (exact) mass is 461 g/mol. The Kier molecular flexibility index (Phi) is 13.5. The number of thioether (sulfide) groups is 1. The molecule has 0 aromatic carbocycles. The van der Waals surface area contributed by atoms with Gasteiger partial charge in [-0.1, -0.05) is 20.3 Å². The van der Waals surface area contributed by atoms with Crippen LogP contribution < -0.4 is 27.4 Å². The molecule has 11 nitrogen and oxygen atoms in total. The molecule has 0 fully saturated rings. The van der Waals surface area contributed by atoms with Gasteiger partial charge in [0.25, 0.3) is 0 Å². The second kappa shape index (κ2) is 14.6. The maximum Gasteiger partial charge on any atom is 0.326 e. The quantitative estimate of drug-likeness (QED) is 0.177. The Balaban J connectivity index is 5.50. The zero-order valence-corrected chi connectivity index (χ0v) is 19.3. The van der Waals surface area contributed by atoms with Crippen LogP contribution in [0.15, 0.2) is 0 Å². The smallest absolute Gasteiger partial charge is 0.326 e. The van der Waals surface area contributed by atoms with E-state index in [2.05, 4.69) is 16.0 Å². The third kappa shape index (κ3) is 11.0. The SMILES string of the molecule is CCC(C)C(NC(=O)C(C)N)C(=O)NC(CCC(N)=O)C(=O)NC(CCSC)C(=O)O. The maximum absolute atomic E-state index is 12.9. The molecule has 0 aromatic rings. The summed E-state index contributed by atoms with van der Waals surface area (Å²) in [6.45, 7) is 5.07. The Bertz CT molecular complexity index is 645. The van der Waals surface area contributed by atoms with Crippen molar-refractivity contribution < 1.29 is 29.1 Å². The molecule has 0 saturated carbocycles. The highest BCUT2D eigenvalue weighted by molar-refractivity contribution is 7.98. The number of carbonyl (C=O) groups is 5. The van der Waals surface area contributed by atoms with Gasteiger partial charge in [0.05, 0.1) is 6.04 Å². The summed E-state index contributed by atoms with van der Waals surface area (Å²) in [5, 5.41) is 16.8. The highest BCUT2D eigenvalue weighted by atomic mass is 32.2. The van der Waals surface area contributed by atoms with Crippen LogP contribution in [0.2, 0.25) is 0 Å². The van der Waals surface area contributed by atoms with Crippen LogP contribution in [-0.4, -0.2) is 70.9 Å². The zero-order chi connectivity index (χ0) is 24.1. The first kappa shape index (κ1) is 28.7. The number of rotatable bonds is 15. The number of nitrogens with one attached hydrogen (secondary N) is 3. The third-order valence-electron chi connectivity index (χ3n) is 4.74. The summed E-state index contributed by atoms with van der Waals surface area (Å²) >= 11 is 1.43. The van der Waals surface area contributed by atoms with Gasteiger partial charge in [-0.2, -0.15) is 11.8 Å². The molecule has 0 aromatic heterocycles. The van der Waals surface area contributed by atoms with Crippen molar-refractivity contribution in [3.05, 3.63) is 0 Å². The van der Waals surface area contributed by atoms with E-state index in [0.717, 1.165) is 0 Å². The Labute approximate surface area is 186 Å². The van der Waals surface area contributed by atoms with Crippen molar-refractivity contribution >= 4 is 41.4 Å². The van der Waals surface area contributed by atoms with Gasteiger partial charge in [-0.3, -0.25) is 19.2 Å². The average Bonchev–Trinajstić information content (AvgIpc) is 2.70. The Morgan fingerprint density at radius 3 is 1.97 bits per heavy atom. The van der Waals surface area contributed by atoms with Crippen LogP contribution in [0.25, 0.3) is 0 Å². The van der Waals surface area contributed by atoms with Gasteiger partial charge in [0.1, 0.15) is 18.1 Å². The van der Waals surface area contributed by atoms with Gasteiger partial charge in [0, 0.05) is 6.42 Å². The molecule has 0 aliphatic rings. The molecule has 5 unspecified atom stereocenters. The summed E-state index contributed by atoms with van der Waals surface area (Å²) in [5.41, 5.74) is 10.7. The van der Waals surface area contributed by atoms with E-state index < -0.39 is 53.8 Å². The number of aliphatic carboxylic acids is 1. The van der Waals surface area contributed by atoms with Crippen LogP contribution in [-0.2, 0) is 24.0 Å². The van der Waals surface area contributed by atoms with Crippen molar-refractivity contribution in [3.8, 4) is 0 Å². The lowest BCUT2D eigenvalue weighted by atomic mass is 9.97. The molecule has 178 valence electrons. The van der Waals surface area contributed by atoms with Crippen molar-refractivity contribution in [2.45, 2.75) is 70.6 Å². The van der Waals surface area contributed by atoms with E-state index in [0.29, 0.717) is 12.2 Å². The van der Waals surface area contributed by atoms with E-state index in [4.69, 9.17) is 11.5 Å². The van der Waals surface area contributed by atoms with E-state index in [1.54, 1.807) is 6.92 Å². The fourth-order valence-corrected chi connectivity index (χ4v) is 3.04. The normalized spacial score (nSPS) is 15.6. The van der Waals surface area contributed by atoms with E-state index >= 15 is 0 Å². The minimum atomic E-state index is -1.20. The first-order chi connectivity index (χ1) is 14.4. The highest BCUT2D eigenvalue weighted by Crippen LogP contribution is 2.10. The second-order valence-electron chi connectivity index (χ2n) is 7.41. The molecule has 12 heteroatoms. The summed E-state index contributed by atoms with van der Waals surface area (Å²) in [7, 11) is 0. The van der Waals surface area contributed by atoms with E-state index in [9.17, 15) is 29.1 Å². The number of primary amides is 1. The molecule has 0 aliphatic carbocycles. The third-order valence-corrected chi connectivity index (χ3v) is 5.39. The summed E-state index contributed by atoms with van der Waals surface area (Å²) in [6, 6.07) is -4.13. The molecule has 0 aliphatic heterocycles. The van der Waals surface area contributed by atoms with Gasteiger partial charge in [0.15, 0.2) is 0 Å². The van der Waals surface area contributed by atoms with Gasteiger partial charge in [-0.25, -0.2) is 4.79 Å². The fourth-order valence-electron chi connectivity index (χ4n) is 2.57. The lowest BCUT2D eigenvalue weighted by Gasteiger charge is -2.27. The number of carboxylic acid groups (broad SMARTS) is 1. The topological polar surface area (TPSA) is 194 Å². The number of amides is 4. The van der Waals surface area contributed by atoms with Gasteiger partial charge < -0.3 is 32.5 Å². The molecule has 0 saturated heterocycles. The first-order valence-electron chi connectivity index (χ1n) is 10.1. The Morgan fingerprint density at radius 2 is 1.52 bits per heavy atom. The van der Waals surface area contributed by atoms with Crippen LogP contribution in [0.5, 0.6) is 0 Å². The maximum atomic E-state index is 12.9. The molecule has 0 heterocycles. The predicted molar refractivity (Wildman–Crippen MR) is 118 cm³/mol. The van der Waals surface area contributed by atoms with Crippen molar-refractivity contribution in [1.29, 1.82) is 0 Å². The van der Waals surface area contributed by atoms with Crippen molar-refractivity contribution in [1.82, 2.24) is 16.0 Å². The fraction of sp³-hybridized carbons (Fsp3) is 0.737. The molecule has 8 N–H and O–H groups in total. The number of hydrogen-bond acceptors (Lipinski definition) is 7. The van der Waals surface area contributed by atoms with Crippen molar-refractivity contribution in [3.63, 3.8) is 0 Å². The van der Waals surface area contributed by atoms with Gasteiger partial charge >= 0.3 is 5.97 Å². The van der Waals surface area contributed by atoms with Crippen LogP contribution in [0, 0.1) is 5.92 Å². The molecule has 31 heavy (non-hydrogen) atoms. The van der Waals surface area contributed by atoms with E-state index in [1.165, 1.54) is 18.7 Å². The van der Waals surface area contributed by atoms with Gasteiger partial charge in [0.2, 0.25) is 23.6 Å². The van der Waals surface area contributed by atoms with Crippen LogP contribution in [0.4, 0.5) is 0 Å². The predicted octanol–water partition coefficient (Wildman–Crippen LogP) is -1.06. The molecule has 0 bridgehead atoms. The van der Waals surface area contributed by atoms with Crippen LogP contribution in [0.3, 0.4) is 0 Å². The molecule has 0 spiro atoms. The summed E-state index contributed by atoms with van der Waals surface area (Å²) in [5.74, 6) is -3.54. The lowest BCUT2D eigenvalue weighted by molar-refractivity contribution is -0.142. The Hall–Kier alpha value is -2.34. The molecular weight excluding hydrogens is 426 g/mol. The average molecular weight is 462 g/mol. The van der Waals surface area contributed by atoms with Crippen molar-refractivity contribution in [2.24, 2.45) is 17.4 Å². The number of nitrogens with two attached hydrogens (primary N) is 2. The molecule has 0 radical (unpaired) electrons. The molecule has 0 rings (SSSR count). The van der Waals surface area contributed by atoms with Crippen LogP contribution in [0.1, 0.15) is 46.5 Å². The Morgan fingerprint density at radius 1 is 0.935 bits per heavy atom. The number of hydrogen-bond donors (Lipinski definition) is 6. The summed E-state index contributed by atoms with van der Waals surface area (Å²) in [4.78, 5) is 60.2. The molecule has 4 amide bonds. The summed E-state index contributed by atoms with van der Waals surface area (Å²) < 4.78 is 0. The van der Waals surface area contributed by atoms with E-state index in [-0.39, 0.29) is 25.2 Å². The highest BCUT2D eigenvalue weighted by Gasteiger charge is 2.32. The minimum Gasteiger partial charge on any atom is -0.480 e. The molecular formula is C19H35N5O6S. The minimum absolute atomic E-state index is 0.115. The van der Waals surface area contributed by atoms with Crippen LogP contribution >= 0.6 is 11.8 Å². The largest absolute Gasteiger partial charge is 0.480 e. The van der Waals surface area contributed by atoms with E-state index in [1.807, 2.05) is 13.2 Å². The number of carbonyl (C=O) groups excluding carboxylic acids is 4. The zero-order valence-electron chi connectivity index (χ0n) is 18.5. The molecule has 5 atom stereocenters. The van der Waals surface area contributed by atoms with Gasteiger partial charge in [-0.15, -0.1) is 0 Å². The lowest BCUT2D eigenvalue weighted by Crippen LogP contribution is -2.58. The van der Waals surface area contributed by atoms with Crippen molar-refractivity contribution in [2.75, 3.05) is 12.0 Å². The van der Waals surface area contributed by atoms with Gasteiger partial charge in [-0.05, 0) is 37.7 Å². The standard InChI is InChI=1S/C19H35N5O6S/c1-5-10(2)15(24-16(26)11(3)20)18(28)22-12(6-7-14(21)25)17(27)23-13(19(29)30)8-9-31-4/h10-13,15H,5-9,20H2,1-4H3,(H2,21,25)(H,22,28)(H,23,27)(H,24,26)(H,29,30). The summed E-state index contributed by atoms with van der Waals surface area (Å²) in [6.07, 6.45) is 2.25. The second-order valence-corrected chi connectivity index (χ2v) is 8.39.